The summed E-state index contributed by atoms with van der Waals surface area (Å²) in [4.78, 5) is 0. The summed E-state index contributed by atoms with van der Waals surface area (Å²) in [6.45, 7) is 0. The van der Waals surface area contributed by atoms with Gasteiger partial charge in [-0.25, -0.2) is 4.57 Å². The molecule has 0 bridgehead atoms. The minimum atomic E-state index is -4.41. The zero-order valence-electron chi connectivity index (χ0n) is 19.4. The predicted octanol–water partition coefficient (Wildman–Crippen LogP) is 8.19. The summed E-state index contributed by atoms with van der Waals surface area (Å²) < 4.78 is 109. The van der Waals surface area contributed by atoms with Crippen LogP contribution in [0.15, 0.2) is 60.7 Å². The number of hydrogen-bond donors (Lipinski definition) is 0. The van der Waals surface area contributed by atoms with E-state index in [9.17, 15) is 30.9 Å². The van der Waals surface area contributed by atoms with Gasteiger partial charge in [0, 0.05) is 24.0 Å². The fraction of sp³-hybridized carbons (Fsp3) is 0.333. The number of benzene rings is 2. The van der Waals surface area contributed by atoms with Gasteiger partial charge in [0.1, 0.15) is 23.0 Å². The van der Waals surface area contributed by atoms with Crippen LogP contribution < -0.4 is 9.47 Å². The van der Waals surface area contributed by atoms with Gasteiger partial charge in [0.2, 0.25) is 0 Å². The van der Waals surface area contributed by atoms with Gasteiger partial charge in [-0.05, 0) is 73.5 Å². The zero-order chi connectivity index (χ0) is 26.8. The van der Waals surface area contributed by atoms with E-state index in [-0.39, 0.29) is 11.5 Å². The fourth-order valence-electron chi connectivity index (χ4n) is 2.88. The van der Waals surface area contributed by atoms with Crippen molar-refractivity contribution in [2.24, 2.45) is 0 Å². The zero-order valence-corrected chi connectivity index (χ0v) is 20.4. The summed E-state index contributed by atoms with van der Waals surface area (Å²) in [6.07, 6.45) is -9.74. The van der Waals surface area contributed by atoms with Crippen LogP contribution in [0.3, 0.4) is 0 Å². The van der Waals surface area contributed by atoms with E-state index >= 15 is 0 Å². The lowest BCUT2D eigenvalue weighted by molar-refractivity contribution is -0.134. The largest absolute Gasteiger partial charge is 0.497 e. The number of allylic oxidation sites excluding steroid dienone is 2. The molecule has 0 amide bonds. The second-order valence-corrected chi connectivity index (χ2v) is 8.26. The monoisotopic (exact) mass is 538 g/mol. The molecule has 5 nitrogen and oxygen atoms in total. The molecule has 0 saturated heterocycles. The molecule has 0 fully saturated rings. The highest BCUT2D eigenvalue weighted by Gasteiger charge is 2.27. The van der Waals surface area contributed by atoms with E-state index < -0.39 is 46.3 Å². The summed E-state index contributed by atoms with van der Waals surface area (Å²) in [5.41, 5.74) is 0.624. The van der Waals surface area contributed by atoms with Crippen molar-refractivity contribution in [2.75, 3.05) is 14.2 Å². The van der Waals surface area contributed by atoms with Crippen LogP contribution in [-0.4, -0.2) is 26.6 Å². The standard InChI is InChI=1S/C24H25F6O5P/c1-32-19-11-7-17(8-12-19)21(5-3-15-23(25,26)27)34-36(31)35-22(6-4-16-24(28,29)30)18-9-13-20(33-2)14-10-18/h5-14,36H,3-4,15-16H2,1-2H3. The van der Waals surface area contributed by atoms with Crippen LogP contribution >= 0.6 is 8.25 Å². The fourth-order valence-corrected chi connectivity index (χ4v) is 3.68. The van der Waals surface area contributed by atoms with Crippen LogP contribution in [0.4, 0.5) is 26.3 Å². The molecular weight excluding hydrogens is 513 g/mol. The van der Waals surface area contributed by atoms with Gasteiger partial charge in [0.25, 0.3) is 0 Å². The van der Waals surface area contributed by atoms with Crippen LogP contribution in [0, 0.1) is 0 Å². The lowest BCUT2D eigenvalue weighted by atomic mass is 10.1. The Balaban J connectivity index is 2.26. The molecule has 0 radical (unpaired) electrons. The number of ether oxygens (including phenoxy) is 2. The molecule has 12 heteroatoms. The average Bonchev–Trinajstić information content (AvgIpc) is 2.81. The first-order chi connectivity index (χ1) is 16.9. The van der Waals surface area contributed by atoms with E-state index in [1.165, 1.54) is 62.8 Å². The van der Waals surface area contributed by atoms with Gasteiger partial charge in [0.15, 0.2) is 0 Å². The lowest BCUT2D eigenvalue weighted by Crippen LogP contribution is -2.05. The van der Waals surface area contributed by atoms with Crippen molar-refractivity contribution >= 4 is 19.8 Å². The van der Waals surface area contributed by atoms with Crippen molar-refractivity contribution in [3.8, 4) is 11.5 Å². The second-order valence-electron chi connectivity index (χ2n) is 7.36. The molecule has 0 aliphatic heterocycles. The Morgan fingerprint density at radius 2 is 1.03 bits per heavy atom. The molecule has 0 atom stereocenters. The number of rotatable bonds is 12. The summed E-state index contributed by atoms with van der Waals surface area (Å²) in [5.74, 6) is 0.698. The van der Waals surface area contributed by atoms with Crippen LogP contribution in [0.1, 0.15) is 36.8 Å². The Labute approximate surface area is 205 Å². The Morgan fingerprint density at radius 3 is 1.31 bits per heavy atom. The molecule has 198 valence electrons. The molecule has 2 aromatic carbocycles. The molecule has 0 N–H and O–H groups in total. The van der Waals surface area contributed by atoms with Gasteiger partial charge >= 0.3 is 20.6 Å². The SMILES string of the molecule is COc1ccc(C(=CCCC(F)(F)F)O[PH](=O)OC(=CCCC(F)(F)F)c2ccc(OC)cc2)cc1. The van der Waals surface area contributed by atoms with E-state index in [0.29, 0.717) is 22.6 Å². The third-order valence-electron chi connectivity index (χ3n) is 4.65. The summed E-state index contributed by atoms with van der Waals surface area (Å²) >= 11 is 0. The molecule has 36 heavy (non-hydrogen) atoms. The molecule has 0 unspecified atom stereocenters. The van der Waals surface area contributed by atoms with Crippen molar-refractivity contribution in [2.45, 2.75) is 38.0 Å². The maximum absolute atomic E-state index is 12.7. The Morgan fingerprint density at radius 1 is 0.694 bits per heavy atom. The van der Waals surface area contributed by atoms with Gasteiger partial charge in [-0.3, -0.25) is 0 Å². The van der Waals surface area contributed by atoms with E-state index in [1.54, 1.807) is 0 Å². The Kier molecular flexibility index (Phi) is 10.8. The third kappa shape index (κ3) is 10.7. The van der Waals surface area contributed by atoms with Gasteiger partial charge < -0.3 is 18.5 Å². The van der Waals surface area contributed by atoms with Crippen molar-refractivity contribution in [1.29, 1.82) is 0 Å². The number of alkyl halides is 6. The first-order valence-corrected chi connectivity index (χ1v) is 11.8. The van der Waals surface area contributed by atoms with Crippen LogP contribution in [0.5, 0.6) is 11.5 Å². The molecule has 2 rings (SSSR count). The van der Waals surface area contributed by atoms with Gasteiger partial charge in [-0.1, -0.05) is 0 Å². The third-order valence-corrected chi connectivity index (χ3v) is 5.42. The molecular formula is C24H25F6O5P. The topological polar surface area (TPSA) is 54.0 Å². The number of methoxy groups -OCH3 is 2. The second kappa shape index (κ2) is 13.3. The van der Waals surface area contributed by atoms with E-state index in [4.69, 9.17) is 18.5 Å². The lowest BCUT2D eigenvalue weighted by Gasteiger charge is -2.15. The highest BCUT2D eigenvalue weighted by molar-refractivity contribution is 7.34. The first kappa shape index (κ1) is 29.2. The van der Waals surface area contributed by atoms with Crippen LogP contribution in [0.25, 0.3) is 11.5 Å². The maximum Gasteiger partial charge on any atom is 0.418 e. The minimum absolute atomic E-state index is 0.129. The van der Waals surface area contributed by atoms with Gasteiger partial charge in [-0.2, -0.15) is 26.3 Å². The average molecular weight is 538 g/mol. The molecule has 0 aliphatic rings. The highest BCUT2D eigenvalue weighted by atomic mass is 31.1. The van der Waals surface area contributed by atoms with Crippen molar-refractivity contribution in [3.63, 3.8) is 0 Å². The maximum atomic E-state index is 12.7. The number of halogens is 6. The molecule has 0 heterocycles. The number of hydrogen-bond acceptors (Lipinski definition) is 5. The summed E-state index contributed by atoms with van der Waals surface area (Å²) in [7, 11) is -0.585. The Hall–Kier alpha value is -3.07. The van der Waals surface area contributed by atoms with Crippen LogP contribution in [-0.2, 0) is 13.6 Å². The van der Waals surface area contributed by atoms with Crippen LogP contribution in [0.2, 0.25) is 0 Å². The molecule has 0 spiro atoms. The smallest absolute Gasteiger partial charge is 0.418 e. The molecule has 0 aliphatic carbocycles. The van der Waals surface area contributed by atoms with Crippen molar-refractivity contribution < 1.29 is 49.4 Å². The predicted molar refractivity (Wildman–Crippen MR) is 124 cm³/mol. The summed E-state index contributed by atoms with van der Waals surface area (Å²) in [6, 6.07) is 12.1. The highest BCUT2D eigenvalue weighted by Crippen LogP contribution is 2.39. The van der Waals surface area contributed by atoms with E-state index in [2.05, 4.69) is 0 Å². The molecule has 0 aromatic heterocycles. The van der Waals surface area contributed by atoms with E-state index in [0.717, 1.165) is 12.2 Å². The molecule has 0 saturated carbocycles. The quantitative estimate of drug-likeness (QED) is 0.155. The normalized spacial score (nSPS) is 13.8. The van der Waals surface area contributed by atoms with E-state index in [1.807, 2.05) is 0 Å². The van der Waals surface area contributed by atoms with Crippen molar-refractivity contribution in [3.05, 3.63) is 71.8 Å². The summed E-state index contributed by atoms with van der Waals surface area (Å²) in [5, 5.41) is 0. The first-order valence-electron chi connectivity index (χ1n) is 10.6. The Bertz CT molecular complexity index is 961. The van der Waals surface area contributed by atoms with Gasteiger partial charge in [0.05, 0.1) is 14.2 Å². The van der Waals surface area contributed by atoms with Crippen molar-refractivity contribution in [1.82, 2.24) is 0 Å². The van der Waals surface area contributed by atoms with Gasteiger partial charge in [-0.15, -0.1) is 0 Å². The molecule has 2 aromatic rings. The minimum Gasteiger partial charge on any atom is -0.497 e.